The molecule has 4 rings (SSSR count). The first kappa shape index (κ1) is 20.8. The van der Waals surface area contributed by atoms with Crippen molar-refractivity contribution in [3.63, 3.8) is 0 Å². The summed E-state index contributed by atoms with van der Waals surface area (Å²) in [6.07, 6.45) is 1.11. The molecule has 162 valence electrons. The van der Waals surface area contributed by atoms with Gasteiger partial charge in [-0.15, -0.1) is 0 Å². The number of methoxy groups -OCH3 is 1. The van der Waals surface area contributed by atoms with Crippen LogP contribution in [-0.2, 0) is 19.6 Å². The van der Waals surface area contributed by atoms with Crippen LogP contribution in [-0.4, -0.2) is 32.8 Å². The summed E-state index contributed by atoms with van der Waals surface area (Å²) < 4.78 is 44.9. The highest BCUT2D eigenvalue weighted by molar-refractivity contribution is 5.93. The number of rotatable bonds is 4. The second-order valence-electron chi connectivity index (χ2n) is 7.31. The topological polar surface area (TPSA) is 81.9 Å². The smallest absolute Gasteiger partial charge is 0.435 e. The molecule has 0 unspecified atom stereocenters. The third kappa shape index (κ3) is 4.23. The number of fused-ring (bicyclic) bond motifs is 1. The van der Waals surface area contributed by atoms with E-state index in [0.29, 0.717) is 18.0 Å². The van der Waals surface area contributed by atoms with Gasteiger partial charge in [-0.25, -0.2) is 4.98 Å². The lowest BCUT2D eigenvalue weighted by molar-refractivity contribution is -0.141. The quantitative estimate of drug-likeness (QED) is 0.681. The zero-order valence-corrected chi connectivity index (χ0v) is 16.9. The number of hydrogen-bond acceptors (Lipinski definition) is 5. The van der Waals surface area contributed by atoms with E-state index in [1.807, 2.05) is 12.1 Å². The lowest BCUT2D eigenvalue weighted by Gasteiger charge is -2.26. The summed E-state index contributed by atoms with van der Waals surface area (Å²) in [5, 5.41) is 6.28. The van der Waals surface area contributed by atoms with E-state index in [4.69, 9.17) is 4.74 Å². The maximum atomic E-state index is 12.9. The zero-order valence-electron chi connectivity index (χ0n) is 16.9. The van der Waals surface area contributed by atoms with Crippen molar-refractivity contribution in [2.45, 2.75) is 31.5 Å². The molecule has 0 saturated carbocycles. The van der Waals surface area contributed by atoms with Gasteiger partial charge in [0.2, 0.25) is 5.88 Å². The molecule has 7 nitrogen and oxygen atoms in total. The summed E-state index contributed by atoms with van der Waals surface area (Å²) in [6.45, 7) is 0. The minimum atomic E-state index is -4.61. The molecule has 0 saturated heterocycles. The SMILES string of the molecule is COc1cc(-c2cc3c(cn2)CCC[C@@H]3NC(=O)c2cc(C(F)(F)F)nn2C)ccn1. The molecular weight excluding hydrogens is 411 g/mol. The molecule has 1 N–H and O–H groups in total. The van der Waals surface area contributed by atoms with Gasteiger partial charge < -0.3 is 10.1 Å². The number of ether oxygens (including phenoxy) is 1. The summed E-state index contributed by atoms with van der Waals surface area (Å²) in [7, 11) is 2.85. The number of nitrogens with zero attached hydrogens (tertiary/aromatic N) is 4. The normalized spacial score (nSPS) is 16.0. The molecule has 1 amide bonds. The average Bonchev–Trinajstić information content (AvgIpc) is 3.16. The molecular formula is C21H20F3N5O2. The summed E-state index contributed by atoms with van der Waals surface area (Å²) in [5.74, 6) is -0.147. The monoisotopic (exact) mass is 431 g/mol. The van der Waals surface area contributed by atoms with E-state index >= 15 is 0 Å². The Morgan fingerprint density at radius 2 is 2.06 bits per heavy atom. The Balaban J connectivity index is 1.62. The highest BCUT2D eigenvalue weighted by Gasteiger charge is 2.36. The summed E-state index contributed by atoms with van der Waals surface area (Å²) in [4.78, 5) is 21.4. The number of alkyl halides is 3. The van der Waals surface area contributed by atoms with Crippen LogP contribution >= 0.6 is 0 Å². The number of hydrogen-bond donors (Lipinski definition) is 1. The van der Waals surface area contributed by atoms with E-state index < -0.39 is 17.8 Å². The minimum Gasteiger partial charge on any atom is -0.481 e. The van der Waals surface area contributed by atoms with Crippen LogP contribution in [0.15, 0.2) is 36.7 Å². The molecule has 1 atom stereocenters. The fourth-order valence-electron chi connectivity index (χ4n) is 3.72. The van der Waals surface area contributed by atoms with Crippen LogP contribution in [0.3, 0.4) is 0 Å². The number of halogens is 3. The van der Waals surface area contributed by atoms with E-state index in [1.165, 1.54) is 14.2 Å². The van der Waals surface area contributed by atoms with Crippen molar-refractivity contribution in [3.8, 4) is 17.1 Å². The van der Waals surface area contributed by atoms with Gasteiger partial charge in [-0.2, -0.15) is 18.3 Å². The fourth-order valence-corrected chi connectivity index (χ4v) is 3.72. The third-order valence-corrected chi connectivity index (χ3v) is 5.28. The van der Waals surface area contributed by atoms with Crippen LogP contribution in [0.25, 0.3) is 11.3 Å². The Hall–Kier alpha value is -3.43. The van der Waals surface area contributed by atoms with Gasteiger partial charge in [0.15, 0.2) is 5.69 Å². The van der Waals surface area contributed by atoms with Gasteiger partial charge in [0.25, 0.3) is 5.91 Å². The molecule has 0 bridgehead atoms. The van der Waals surface area contributed by atoms with E-state index in [2.05, 4.69) is 20.4 Å². The average molecular weight is 431 g/mol. The third-order valence-electron chi connectivity index (χ3n) is 5.28. The van der Waals surface area contributed by atoms with Gasteiger partial charge in [-0.1, -0.05) is 0 Å². The molecule has 3 aromatic rings. The lowest BCUT2D eigenvalue weighted by atomic mass is 9.88. The first-order valence-electron chi connectivity index (χ1n) is 9.67. The van der Waals surface area contributed by atoms with Crippen molar-refractivity contribution in [3.05, 3.63) is 59.2 Å². The van der Waals surface area contributed by atoms with Crippen molar-refractivity contribution in [1.82, 2.24) is 25.1 Å². The first-order chi connectivity index (χ1) is 14.8. The molecule has 31 heavy (non-hydrogen) atoms. The number of carbonyl (C=O) groups is 1. The van der Waals surface area contributed by atoms with Crippen molar-refractivity contribution in [2.75, 3.05) is 7.11 Å². The largest absolute Gasteiger partial charge is 0.481 e. The second kappa shape index (κ2) is 8.01. The molecule has 3 heterocycles. The first-order valence-corrected chi connectivity index (χ1v) is 9.67. The van der Waals surface area contributed by atoms with Gasteiger partial charge in [-0.05, 0) is 42.5 Å². The number of amides is 1. The summed E-state index contributed by atoms with van der Waals surface area (Å²) in [6, 6.07) is 5.89. The summed E-state index contributed by atoms with van der Waals surface area (Å²) in [5.41, 5.74) is 2.17. The standard InChI is InChI=1S/C21H20F3N5O2/c1-29-17(10-18(28-29)21(22,23)24)20(30)27-15-5-3-4-13-11-26-16(9-14(13)15)12-6-7-25-19(8-12)31-2/h6-11,15H,3-5H2,1-2H3,(H,27,30)/t15-/m0/s1. The van der Waals surface area contributed by atoms with Crippen molar-refractivity contribution in [2.24, 2.45) is 7.05 Å². The zero-order chi connectivity index (χ0) is 22.2. The van der Waals surface area contributed by atoms with Crippen LogP contribution in [0.5, 0.6) is 5.88 Å². The second-order valence-corrected chi connectivity index (χ2v) is 7.31. The minimum absolute atomic E-state index is 0.146. The molecule has 3 aromatic heterocycles. The Labute approximate surface area is 176 Å². The molecule has 1 aliphatic carbocycles. The Morgan fingerprint density at radius 3 is 2.77 bits per heavy atom. The Morgan fingerprint density at radius 1 is 1.26 bits per heavy atom. The number of nitrogens with one attached hydrogen (secondary N) is 1. The van der Waals surface area contributed by atoms with Gasteiger partial charge in [0, 0.05) is 37.1 Å². The molecule has 0 spiro atoms. The van der Waals surface area contributed by atoms with E-state index in [9.17, 15) is 18.0 Å². The molecule has 0 aliphatic heterocycles. The van der Waals surface area contributed by atoms with E-state index in [0.717, 1.165) is 40.3 Å². The number of pyridine rings is 2. The molecule has 0 aromatic carbocycles. The molecule has 10 heteroatoms. The molecule has 0 radical (unpaired) electrons. The Kier molecular flexibility index (Phi) is 5.38. The molecule has 1 aliphatic rings. The van der Waals surface area contributed by atoms with Crippen LogP contribution in [0.4, 0.5) is 13.2 Å². The van der Waals surface area contributed by atoms with Gasteiger partial charge >= 0.3 is 6.18 Å². The summed E-state index contributed by atoms with van der Waals surface area (Å²) >= 11 is 0. The van der Waals surface area contributed by atoms with Gasteiger partial charge in [0.05, 0.1) is 18.8 Å². The number of aromatic nitrogens is 4. The predicted molar refractivity (Wildman–Crippen MR) is 105 cm³/mol. The predicted octanol–water partition coefficient (Wildman–Crippen LogP) is 3.71. The van der Waals surface area contributed by atoms with Crippen LogP contribution < -0.4 is 10.1 Å². The van der Waals surface area contributed by atoms with E-state index in [1.54, 1.807) is 18.5 Å². The lowest BCUT2D eigenvalue weighted by Crippen LogP contribution is -2.32. The van der Waals surface area contributed by atoms with Gasteiger partial charge in [-0.3, -0.25) is 14.5 Å². The number of carbonyl (C=O) groups excluding carboxylic acids is 1. The van der Waals surface area contributed by atoms with E-state index in [-0.39, 0.29) is 11.7 Å². The fraction of sp³-hybridized carbons (Fsp3) is 0.333. The maximum Gasteiger partial charge on any atom is 0.435 e. The highest BCUT2D eigenvalue weighted by atomic mass is 19.4. The number of aryl methyl sites for hydroxylation is 2. The van der Waals surface area contributed by atoms with Crippen LogP contribution in [0.2, 0.25) is 0 Å². The van der Waals surface area contributed by atoms with Gasteiger partial charge in [0.1, 0.15) is 5.69 Å². The van der Waals surface area contributed by atoms with Crippen LogP contribution in [0, 0.1) is 0 Å². The van der Waals surface area contributed by atoms with Crippen LogP contribution in [0.1, 0.15) is 46.2 Å². The maximum absolute atomic E-state index is 12.9. The van der Waals surface area contributed by atoms with Crippen molar-refractivity contribution < 1.29 is 22.7 Å². The van der Waals surface area contributed by atoms with Crippen molar-refractivity contribution in [1.29, 1.82) is 0 Å². The molecule has 0 fully saturated rings. The highest BCUT2D eigenvalue weighted by Crippen LogP contribution is 2.33. The Bertz CT molecular complexity index is 1130. The van der Waals surface area contributed by atoms with Crippen molar-refractivity contribution >= 4 is 5.91 Å².